The highest BCUT2D eigenvalue weighted by molar-refractivity contribution is 7.88. The lowest BCUT2D eigenvalue weighted by molar-refractivity contribution is 0.135. The molecule has 10 heteroatoms. The van der Waals surface area contributed by atoms with Crippen molar-refractivity contribution in [3.05, 3.63) is 65.5 Å². The van der Waals surface area contributed by atoms with Crippen LogP contribution in [0, 0.1) is 5.82 Å². The van der Waals surface area contributed by atoms with Gasteiger partial charge in [0, 0.05) is 26.7 Å². The van der Waals surface area contributed by atoms with Crippen molar-refractivity contribution in [1.29, 1.82) is 0 Å². The molecule has 1 aliphatic heterocycles. The average molecular weight is 471 g/mol. The zero-order valence-electron chi connectivity index (χ0n) is 17.6. The van der Waals surface area contributed by atoms with Gasteiger partial charge < -0.3 is 4.74 Å². The fraction of sp³-hybridized carbons (Fsp3) is 0.429. The van der Waals surface area contributed by atoms with Crippen LogP contribution in [0.1, 0.15) is 24.0 Å². The van der Waals surface area contributed by atoms with Crippen molar-refractivity contribution in [2.45, 2.75) is 31.2 Å². The summed E-state index contributed by atoms with van der Waals surface area (Å²) >= 11 is 0. The van der Waals surface area contributed by atoms with E-state index in [1.807, 2.05) is 0 Å². The number of ether oxygens (including phenoxy) is 1. The molecule has 0 unspecified atom stereocenters. The molecule has 0 radical (unpaired) electrons. The molecular weight excluding hydrogens is 443 g/mol. The van der Waals surface area contributed by atoms with Crippen molar-refractivity contribution in [3.63, 3.8) is 0 Å². The molecule has 1 aliphatic rings. The van der Waals surface area contributed by atoms with Gasteiger partial charge in [0.05, 0.1) is 12.0 Å². The summed E-state index contributed by atoms with van der Waals surface area (Å²) in [6, 6.07) is 12.6. The third-order valence-corrected chi connectivity index (χ3v) is 8.32. The van der Waals surface area contributed by atoms with E-state index in [0.29, 0.717) is 42.8 Å². The van der Waals surface area contributed by atoms with Crippen LogP contribution in [-0.4, -0.2) is 57.9 Å². The number of sulfonamides is 2. The van der Waals surface area contributed by atoms with Gasteiger partial charge >= 0.3 is 0 Å². The first kappa shape index (κ1) is 23.6. The molecule has 170 valence electrons. The van der Waals surface area contributed by atoms with Gasteiger partial charge in [0.1, 0.15) is 17.7 Å². The molecule has 1 saturated heterocycles. The van der Waals surface area contributed by atoms with Crippen LogP contribution in [0.4, 0.5) is 4.39 Å². The van der Waals surface area contributed by atoms with Crippen molar-refractivity contribution in [3.8, 4) is 5.75 Å². The largest absolute Gasteiger partial charge is 0.490 e. The van der Waals surface area contributed by atoms with Gasteiger partial charge in [0.15, 0.2) is 0 Å². The molecule has 0 N–H and O–H groups in total. The molecule has 7 nitrogen and oxygen atoms in total. The molecule has 3 rings (SSSR count). The number of hydrogen-bond acceptors (Lipinski definition) is 5. The summed E-state index contributed by atoms with van der Waals surface area (Å²) < 4.78 is 70.1. The Kier molecular flexibility index (Phi) is 7.35. The van der Waals surface area contributed by atoms with Crippen molar-refractivity contribution in [2.24, 2.45) is 0 Å². The van der Waals surface area contributed by atoms with E-state index in [1.165, 1.54) is 34.0 Å². The molecule has 0 atom stereocenters. The fourth-order valence-electron chi connectivity index (χ4n) is 3.40. The van der Waals surface area contributed by atoms with Crippen LogP contribution in [0.25, 0.3) is 0 Å². The van der Waals surface area contributed by atoms with Gasteiger partial charge in [-0.1, -0.05) is 24.3 Å². The fourth-order valence-corrected chi connectivity index (χ4v) is 5.46. The summed E-state index contributed by atoms with van der Waals surface area (Å²) in [6.07, 6.45) is 2.35. The molecule has 0 saturated carbocycles. The minimum absolute atomic E-state index is 0.0746. The summed E-state index contributed by atoms with van der Waals surface area (Å²) in [5.41, 5.74) is 1.34. The predicted octanol–water partition coefficient (Wildman–Crippen LogP) is 2.59. The van der Waals surface area contributed by atoms with Crippen LogP contribution < -0.4 is 4.74 Å². The average Bonchev–Trinajstić information content (AvgIpc) is 2.71. The molecule has 0 aliphatic carbocycles. The maximum Gasteiger partial charge on any atom is 0.218 e. The molecular formula is C21H27FN2O5S2. The SMILES string of the molecule is CN(Cc1ccc(F)cc1)S(=O)(=O)Cc1ccc(OC2CCN(S(C)(=O)=O)CC2)cc1. The first-order valence-electron chi connectivity index (χ1n) is 9.92. The second-order valence-corrected chi connectivity index (χ2v) is 11.8. The molecule has 31 heavy (non-hydrogen) atoms. The van der Waals surface area contributed by atoms with E-state index in [9.17, 15) is 21.2 Å². The van der Waals surface area contributed by atoms with Crippen LogP contribution in [-0.2, 0) is 32.3 Å². The Morgan fingerprint density at radius 2 is 1.52 bits per heavy atom. The number of rotatable bonds is 8. The number of nitrogens with zero attached hydrogens (tertiary/aromatic N) is 2. The molecule has 1 heterocycles. The molecule has 2 aromatic rings. The van der Waals surface area contributed by atoms with Gasteiger partial charge in [0.2, 0.25) is 20.0 Å². The van der Waals surface area contributed by atoms with E-state index in [0.717, 1.165) is 0 Å². The second-order valence-electron chi connectivity index (χ2n) is 7.76. The summed E-state index contributed by atoms with van der Waals surface area (Å²) in [7, 11) is -5.22. The lowest BCUT2D eigenvalue weighted by atomic mass is 10.1. The van der Waals surface area contributed by atoms with E-state index in [4.69, 9.17) is 4.74 Å². The van der Waals surface area contributed by atoms with E-state index in [2.05, 4.69) is 0 Å². The van der Waals surface area contributed by atoms with E-state index >= 15 is 0 Å². The Morgan fingerprint density at radius 3 is 2.06 bits per heavy atom. The van der Waals surface area contributed by atoms with Crippen LogP contribution in [0.2, 0.25) is 0 Å². The van der Waals surface area contributed by atoms with E-state index in [-0.39, 0.29) is 24.2 Å². The van der Waals surface area contributed by atoms with Gasteiger partial charge in [-0.15, -0.1) is 0 Å². The Bertz CT molecular complexity index is 1080. The predicted molar refractivity (Wildman–Crippen MR) is 117 cm³/mol. The van der Waals surface area contributed by atoms with Crippen molar-refractivity contribution in [1.82, 2.24) is 8.61 Å². The zero-order valence-corrected chi connectivity index (χ0v) is 19.2. The zero-order chi connectivity index (χ0) is 22.6. The van der Waals surface area contributed by atoms with Gasteiger partial charge in [0.25, 0.3) is 0 Å². The lowest BCUT2D eigenvalue weighted by Gasteiger charge is -2.30. The smallest absolute Gasteiger partial charge is 0.218 e. The van der Waals surface area contributed by atoms with Gasteiger partial charge in [-0.3, -0.25) is 0 Å². The van der Waals surface area contributed by atoms with Crippen LogP contribution in [0.15, 0.2) is 48.5 Å². The van der Waals surface area contributed by atoms with Crippen LogP contribution >= 0.6 is 0 Å². The molecule has 0 aromatic heterocycles. The maximum atomic E-state index is 13.0. The first-order chi connectivity index (χ1) is 14.5. The summed E-state index contributed by atoms with van der Waals surface area (Å²) in [4.78, 5) is 0. The van der Waals surface area contributed by atoms with Gasteiger partial charge in [-0.05, 0) is 48.2 Å². The minimum Gasteiger partial charge on any atom is -0.490 e. The Hall–Kier alpha value is -2.01. The normalized spacial score (nSPS) is 16.5. The monoisotopic (exact) mass is 470 g/mol. The van der Waals surface area contributed by atoms with Crippen molar-refractivity contribution < 1.29 is 26.0 Å². The number of piperidine rings is 1. The number of benzene rings is 2. The van der Waals surface area contributed by atoms with Crippen LogP contribution in [0.5, 0.6) is 5.75 Å². The minimum atomic E-state index is -3.55. The van der Waals surface area contributed by atoms with Gasteiger partial charge in [-0.25, -0.2) is 29.8 Å². The third-order valence-electron chi connectivity index (χ3n) is 5.24. The summed E-state index contributed by atoms with van der Waals surface area (Å²) in [5, 5.41) is 0. The highest BCUT2D eigenvalue weighted by Gasteiger charge is 2.26. The highest BCUT2D eigenvalue weighted by Crippen LogP contribution is 2.22. The van der Waals surface area contributed by atoms with E-state index in [1.54, 1.807) is 36.4 Å². The molecule has 1 fully saturated rings. The number of halogens is 1. The molecule has 0 spiro atoms. The number of hydrogen-bond donors (Lipinski definition) is 0. The van der Waals surface area contributed by atoms with Crippen molar-refractivity contribution in [2.75, 3.05) is 26.4 Å². The van der Waals surface area contributed by atoms with Gasteiger partial charge in [-0.2, -0.15) is 0 Å². The van der Waals surface area contributed by atoms with E-state index < -0.39 is 20.0 Å². The quantitative estimate of drug-likeness (QED) is 0.592. The highest BCUT2D eigenvalue weighted by atomic mass is 32.2. The maximum absolute atomic E-state index is 13.0. The van der Waals surface area contributed by atoms with Crippen molar-refractivity contribution >= 4 is 20.0 Å². The summed E-state index contributed by atoms with van der Waals surface area (Å²) in [6.45, 7) is 1.02. The molecule has 0 amide bonds. The second kappa shape index (κ2) is 9.64. The Morgan fingerprint density at radius 1 is 0.968 bits per heavy atom. The molecule has 0 bridgehead atoms. The van der Waals surface area contributed by atoms with Crippen LogP contribution in [0.3, 0.4) is 0 Å². The summed E-state index contributed by atoms with van der Waals surface area (Å²) in [5.74, 6) is 0.105. The first-order valence-corrected chi connectivity index (χ1v) is 13.4. The topological polar surface area (TPSA) is 84.0 Å². The Balaban J connectivity index is 1.54. The lowest BCUT2D eigenvalue weighted by Crippen LogP contribution is -2.41. The third kappa shape index (κ3) is 6.73. The molecule has 2 aromatic carbocycles. The standard InChI is InChI=1S/C21H27FN2O5S2/c1-23(15-17-3-7-19(22)8-4-17)31(27,28)16-18-5-9-20(10-6-18)29-21-11-13-24(14-12-21)30(2,25)26/h3-10,21H,11-16H2,1-2H3. The Labute approximate surface area is 183 Å².